The molecule has 15 rings (SSSR count). The Bertz CT molecular complexity index is 4520. The van der Waals surface area contributed by atoms with Gasteiger partial charge in [-0.15, -0.1) is 0 Å². The van der Waals surface area contributed by atoms with Crippen molar-refractivity contribution in [2.75, 3.05) is 0 Å². The molecule has 0 spiro atoms. The first kappa shape index (κ1) is 38.5. The molecule has 0 bridgehead atoms. The van der Waals surface area contributed by atoms with Gasteiger partial charge < -0.3 is 13.7 Å². The largest absolute Gasteiger partial charge is 0.309 e. The molecule has 10 aromatic carbocycles. The molecule has 0 atom stereocenters. The predicted octanol–water partition coefficient (Wildman–Crippen LogP) is 15.6. The lowest BCUT2D eigenvalue weighted by molar-refractivity contribution is 0.953. The SMILES string of the molecule is c1ccc(-c2nc(-c3ccc4c5ccccc5n(-c5ccccc5)c4c3)nc(-n3c4ccccc4c4ccc5c6cc(-n7c8ccccc8c8ccccc87)ccc6n(-c6ccccc6)c5c43)n2)cc1. The van der Waals surface area contributed by atoms with E-state index in [0.717, 1.165) is 82.8 Å². The first-order valence-corrected chi connectivity index (χ1v) is 23.7. The van der Waals surface area contributed by atoms with Crippen LogP contribution < -0.4 is 0 Å². The monoisotopic (exact) mass is 893 g/mol. The standard InChI is InChI=1S/C63H39N7/c1-4-18-40(19-5-1)61-64-62(41-32-34-49-47-26-12-14-28-53(47)67(58(49)38-41)42-20-6-2-7-21-42)66-63(65-61)70-56-31-17-13-27-48(56)50-35-36-51-52-39-44(68-54-29-15-10-24-45(54)46-25-11-16-30-55(46)68)33-37-57(52)69(59(51)60(50)70)43-22-8-3-9-23-43/h1-39H. The molecule has 0 amide bonds. The van der Waals surface area contributed by atoms with E-state index in [1.165, 1.54) is 32.6 Å². The van der Waals surface area contributed by atoms with Crippen molar-refractivity contribution >= 4 is 87.2 Å². The van der Waals surface area contributed by atoms with Crippen molar-refractivity contribution in [2.24, 2.45) is 0 Å². The molecule has 326 valence electrons. The lowest BCUT2D eigenvalue weighted by Crippen LogP contribution is -2.07. The smallest absolute Gasteiger partial charge is 0.238 e. The van der Waals surface area contributed by atoms with E-state index in [9.17, 15) is 0 Å². The van der Waals surface area contributed by atoms with Crippen molar-refractivity contribution in [3.05, 3.63) is 237 Å². The van der Waals surface area contributed by atoms with Crippen LogP contribution in [0.4, 0.5) is 0 Å². The van der Waals surface area contributed by atoms with Crippen LogP contribution in [0.2, 0.25) is 0 Å². The summed E-state index contributed by atoms with van der Waals surface area (Å²) in [6.07, 6.45) is 0. The van der Waals surface area contributed by atoms with Crippen molar-refractivity contribution < 1.29 is 0 Å². The predicted molar refractivity (Wildman–Crippen MR) is 288 cm³/mol. The Labute approximate surface area is 401 Å². The number of aromatic nitrogens is 7. The van der Waals surface area contributed by atoms with Gasteiger partial charge in [-0.05, 0) is 72.8 Å². The zero-order valence-corrected chi connectivity index (χ0v) is 37.6. The van der Waals surface area contributed by atoms with E-state index in [1.807, 2.05) is 18.2 Å². The highest BCUT2D eigenvalue weighted by Crippen LogP contribution is 2.43. The van der Waals surface area contributed by atoms with Gasteiger partial charge in [0, 0.05) is 71.3 Å². The highest BCUT2D eigenvalue weighted by molar-refractivity contribution is 6.24. The number of rotatable bonds is 6. The fourth-order valence-corrected chi connectivity index (χ4v) is 11.2. The first-order valence-electron chi connectivity index (χ1n) is 23.7. The zero-order valence-electron chi connectivity index (χ0n) is 37.6. The molecule has 5 heterocycles. The highest BCUT2D eigenvalue weighted by Gasteiger charge is 2.25. The summed E-state index contributed by atoms with van der Waals surface area (Å²) in [4.78, 5) is 16.2. The molecule has 7 heteroatoms. The van der Waals surface area contributed by atoms with E-state index < -0.39 is 0 Å². The van der Waals surface area contributed by atoms with Gasteiger partial charge in [-0.3, -0.25) is 4.57 Å². The quantitative estimate of drug-likeness (QED) is 0.167. The minimum Gasteiger partial charge on any atom is -0.309 e. The van der Waals surface area contributed by atoms with Crippen LogP contribution in [-0.2, 0) is 0 Å². The Morgan fingerprint density at radius 1 is 0.229 bits per heavy atom. The Balaban J connectivity index is 1.04. The minimum atomic E-state index is 0.544. The second-order valence-corrected chi connectivity index (χ2v) is 18.0. The third-order valence-electron chi connectivity index (χ3n) is 14.2. The summed E-state index contributed by atoms with van der Waals surface area (Å²) in [5, 5.41) is 9.35. The van der Waals surface area contributed by atoms with Crippen LogP contribution in [0.15, 0.2) is 237 Å². The number of hydrogen-bond acceptors (Lipinski definition) is 3. The fourth-order valence-electron chi connectivity index (χ4n) is 11.2. The van der Waals surface area contributed by atoms with Crippen molar-refractivity contribution in [1.82, 2.24) is 33.2 Å². The molecule has 5 aromatic heterocycles. The molecule has 0 radical (unpaired) electrons. The summed E-state index contributed by atoms with van der Waals surface area (Å²) >= 11 is 0. The normalized spacial score (nSPS) is 12.0. The van der Waals surface area contributed by atoms with E-state index >= 15 is 0 Å². The average molecular weight is 894 g/mol. The van der Waals surface area contributed by atoms with Gasteiger partial charge in [0.15, 0.2) is 11.6 Å². The molecule has 0 fully saturated rings. The van der Waals surface area contributed by atoms with Gasteiger partial charge in [0.05, 0.1) is 44.1 Å². The lowest BCUT2D eigenvalue weighted by atomic mass is 10.1. The molecule has 0 unspecified atom stereocenters. The van der Waals surface area contributed by atoms with Crippen LogP contribution >= 0.6 is 0 Å². The molecule has 0 saturated carbocycles. The van der Waals surface area contributed by atoms with E-state index in [-0.39, 0.29) is 0 Å². The number of para-hydroxylation sites is 6. The maximum absolute atomic E-state index is 5.52. The van der Waals surface area contributed by atoms with E-state index in [4.69, 9.17) is 15.0 Å². The molecule has 7 nitrogen and oxygen atoms in total. The van der Waals surface area contributed by atoms with Crippen molar-refractivity contribution in [2.45, 2.75) is 0 Å². The van der Waals surface area contributed by atoms with Gasteiger partial charge in [-0.25, -0.2) is 4.98 Å². The average Bonchev–Trinajstić information content (AvgIpc) is 4.16. The summed E-state index contributed by atoms with van der Waals surface area (Å²) in [6.45, 7) is 0. The van der Waals surface area contributed by atoms with Crippen LogP contribution in [0, 0.1) is 0 Å². The Hall–Kier alpha value is -9.59. The van der Waals surface area contributed by atoms with Gasteiger partial charge in [0.2, 0.25) is 5.95 Å². The van der Waals surface area contributed by atoms with Crippen LogP contribution in [0.5, 0.6) is 0 Å². The van der Waals surface area contributed by atoms with Gasteiger partial charge in [0.25, 0.3) is 0 Å². The molecule has 0 aliphatic carbocycles. The van der Waals surface area contributed by atoms with Crippen LogP contribution in [0.1, 0.15) is 0 Å². The highest BCUT2D eigenvalue weighted by atomic mass is 15.2. The second-order valence-electron chi connectivity index (χ2n) is 18.0. The summed E-state index contributed by atoms with van der Waals surface area (Å²) in [5.41, 5.74) is 13.9. The van der Waals surface area contributed by atoms with E-state index in [0.29, 0.717) is 17.6 Å². The third kappa shape index (κ3) is 5.60. The van der Waals surface area contributed by atoms with Gasteiger partial charge in [-0.1, -0.05) is 164 Å². The molecule has 70 heavy (non-hydrogen) atoms. The van der Waals surface area contributed by atoms with Crippen molar-refractivity contribution in [3.63, 3.8) is 0 Å². The fraction of sp³-hybridized carbons (Fsp3) is 0. The summed E-state index contributed by atoms with van der Waals surface area (Å²) < 4.78 is 9.44. The topological polar surface area (TPSA) is 58.4 Å². The molecule has 0 aliphatic rings. The Morgan fingerprint density at radius 3 is 1.24 bits per heavy atom. The van der Waals surface area contributed by atoms with E-state index in [2.05, 4.69) is 237 Å². The molecule has 0 saturated heterocycles. The maximum Gasteiger partial charge on any atom is 0.238 e. The van der Waals surface area contributed by atoms with E-state index in [1.54, 1.807) is 0 Å². The number of fused-ring (bicyclic) bond motifs is 13. The number of benzene rings is 10. The van der Waals surface area contributed by atoms with Crippen molar-refractivity contribution in [1.29, 1.82) is 0 Å². The summed E-state index contributed by atoms with van der Waals surface area (Å²) in [7, 11) is 0. The van der Waals surface area contributed by atoms with Gasteiger partial charge in [-0.2, -0.15) is 9.97 Å². The Morgan fingerprint density at radius 2 is 0.643 bits per heavy atom. The van der Waals surface area contributed by atoms with Gasteiger partial charge in [0.1, 0.15) is 0 Å². The lowest BCUT2D eigenvalue weighted by Gasteiger charge is -2.13. The molecule has 15 aromatic rings. The maximum atomic E-state index is 5.52. The Kier molecular flexibility index (Phi) is 8.23. The third-order valence-corrected chi connectivity index (χ3v) is 14.2. The van der Waals surface area contributed by atoms with Crippen molar-refractivity contribution in [3.8, 4) is 45.8 Å². The summed E-state index contributed by atoms with van der Waals surface area (Å²) in [5.74, 6) is 1.73. The minimum absolute atomic E-state index is 0.544. The van der Waals surface area contributed by atoms with Crippen LogP contribution in [0.3, 0.4) is 0 Å². The second kappa shape index (κ2) is 15.0. The molecule has 0 N–H and O–H groups in total. The summed E-state index contributed by atoms with van der Waals surface area (Å²) in [6, 6.07) is 84.3. The number of hydrogen-bond donors (Lipinski definition) is 0. The molecular formula is C63H39N7. The first-order chi connectivity index (χ1) is 34.7. The molecule has 0 aliphatic heterocycles. The zero-order chi connectivity index (χ0) is 45.9. The number of nitrogens with zero attached hydrogens (tertiary/aromatic N) is 7. The van der Waals surface area contributed by atoms with Crippen LogP contribution in [-0.4, -0.2) is 33.2 Å². The van der Waals surface area contributed by atoms with Gasteiger partial charge >= 0.3 is 0 Å². The molecular weight excluding hydrogens is 855 g/mol. The van der Waals surface area contributed by atoms with Crippen LogP contribution in [0.25, 0.3) is 133 Å².